The number of esters is 2. The number of rotatable bonds is 17. The number of hydrogen-bond donors (Lipinski definition) is 5. The number of nitrogens with two attached hydrogens (primary N) is 1. The van der Waals surface area contributed by atoms with Gasteiger partial charge in [-0.15, -0.1) is 0 Å². The van der Waals surface area contributed by atoms with Gasteiger partial charge in [-0.05, 0) is 45.4 Å². The van der Waals surface area contributed by atoms with Gasteiger partial charge in [0, 0.05) is 0 Å². The van der Waals surface area contributed by atoms with Gasteiger partial charge in [0.05, 0.1) is 33.3 Å². The molecular formula is C29H48N7O10P. The van der Waals surface area contributed by atoms with Crippen LogP contribution in [-0.4, -0.2) is 104 Å². The van der Waals surface area contributed by atoms with Gasteiger partial charge in [0.25, 0.3) is 0 Å². The average molecular weight is 686 g/mol. The van der Waals surface area contributed by atoms with Crippen molar-refractivity contribution in [2.24, 2.45) is 11.8 Å². The lowest BCUT2D eigenvalue weighted by atomic mass is 10.1. The zero-order valence-electron chi connectivity index (χ0n) is 28.1. The van der Waals surface area contributed by atoms with E-state index < -0.39 is 67.8 Å². The van der Waals surface area contributed by atoms with Crippen LogP contribution in [0.1, 0.15) is 67.3 Å². The van der Waals surface area contributed by atoms with Crippen LogP contribution in [0.3, 0.4) is 0 Å². The first kappa shape index (κ1) is 36.9. The van der Waals surface area contributed by atoms with Crippen LogP contribution in [0, 0.1) is 11.8 Å². The molecule has 0 bridgehead atoms. The van der Waals surface area contributed by atoms with E-state index in [1.54, 1.807) is 20.8 Å². The van der Waals surface area contributed by atoms with E-state index in [0.29, 0.717) is 5.52 Å². The number of fused-ring (bicyclic) bond motifs is 2. The number of carbonyl (C=O) groups is 2. The fourth-order valence-electron chi connectivity index (χ4n) is 6.23. The normalized spacial score (nSPS) is 27.8. The van der Waals surface area contributed by atoms with Crippen molar-refractivity contribution >= 4 is 36.7 Å². The highest BCUT2D eigenvalue weighted by atomic mass is 31.2. The van der Waals surface area contributed by atoms with Crippen molar-refractivity contribution < 1.29 is 47.8 Å². The number of nitrogens with one attached hydrogen (secondary N) is 2. The molecule has 2 aliphatic rings. The Morgan fingerprint density at radius 1 is 1.09 bits per heavy atom. The van der Waals surface area contributed by atoms with Crippen LogP contribution >= 0.6 is 7.67 Å². The largest absolute Gasteiger partial charge is 0.479 e. The van der Waals surface area contributed by atoms with Gasteiger partial charge in [-0.25, -0.2) is 15.2 Å². The van der Waals surface area contributed by atoms with Crippen molar-refractivity contribution in [2.75, 3.05) is 32.7 Å². The molecule has 1 aliphatic carbocycles. The maximum atomic E-state index is 14.5. The Morgan fingerprint density at radius 2 is 1.64 bits per heavy atom. The predicted molar refractivity (Wildman–Crippen MR) is 169 cm³/mol. The third-order valence-corrected chi connectivity index (χ3v) is 10.2. The second kappa shape index (κ2) is 14.3. The van der Waals surface area contributed by atoms with Gasteiger partial charge in [0.1, 0.15) is 41.5 Å². The van der Waals surface area contributed by atoms with E-state index in [4.69, 9.17) is 29.2 Å². The fourth-order valence-corrected chi connectivity index (χ4v) is 8.05. The molecule has 2 fully saturated rings. The maximum Gasteiger partial charge on any atom is 0.342 e. The second-order valence-electron chi connectivity index (χ2n) is 12.8. The Kier molecular flexibility index (Phi) is 11.2. The molecular weight excluding hydrogens is 637 g/mol. The lowest BCUT2D eigenvalue weighted by molar-refractivity contribution is -0.146. The average Bonchev–Trinajstić information content (AvgIpc) is 3.19. The Hall–Kier alpha value is -2.92. The second-order valence-corrected chi connectivity index (χ2v) is 14.7. The van der Waals surface area contributed by atoms with E-state index in [2.05, 4.69) is 25.1 Å². The molecule has 17 nitrogen and oxygen atoms in total. The first-order valence-corrected chi connectivity index (χ1v) is 17.4. The molecule has 7 unspecified atom stereocenters. The smallest absolute Gasteiger partial charge is 0.342 e. The molecule has 4 rings (SSSR count). The number of methoxy groups -OCH3 is 1. The number of ether oxygens (including phenoxy) is 4. The lowest BCUT2D eigenvalue weighted by Crippen LogP contribution is -2.46. The van der Waals surface area contributed by atoms with Crippen LogP contribution < -0.4 is 20.6 Å². The monoisotopic (exact) mass is 685 g/mol. The molecule has 1 saturated heterocycles. The zero-order chi connectivity index (χ0) is 34.9. The number of carbonyl (C=O) groups excluding carboxylic acids is 2. The SMILES string of the molecule is CCOC(=O)C(CC(C)C)NP(=O)(NC(CC(C)C)C(=O)OCC)OCC1OC2(C)C(n3cnc4c(OC)nc(N)nc43)C2(O)C1O. The summed E-state index contributed by atoms with van der Waals surface area (Å²) in [5, 5.41) is 28.7. The first-order chi connectivity index (χ1) is 22.0. The Morgan fingerprint density at radius 3 is 2.09 bits per heavy atom. The van der Waals surface area contributed by atoms with Crippen molar-refractivity contribution in [3.05, 3.63) is 6.33 Å². The number of hydrogen-bond acceptors (Lipinski definition) is 14. The molecule has 7 atom stereocenters. The van der Waals surface area contributed by atoms with Gasteiger partial charge in [-0.3, -0.25) is 14.2 Å². The van der Waals surface area contributed by atoms with Crippen molar-refractivity contribution in [3.8, 4) is 5.88 Å². The van der Waals surface area contributed by atoms with Crippen LogP contribution in [0.15, 0.2) is 6.33 Å². The molecule has 1 saturated carbocycles. The summed E-state index contributed by atoms with van der Waals surface area (Å²) in [6.45, 7) is 12.2. The minimum absolute atomic E-state index is 0.0000461. The molecule has 0 aromatic carbocycles. The van der Waals surface area contributed by atoms with Gasteiger partial charge < -0.3 is 44.0 Å². The van der Waals surface area contributed by atoms with Crippen LogP contribution in [-0.2, 0) is 32.9 Å². The summed E-state index contributed by atoms with van der Waals surface area (Å²) in [7, 11) is -2.86. The lowest BCUT2D eigenvalue weighted by Gasteiger charge is -2.31. The number of anilines is 1. The molecule has 0 amide bonds. The topological polar surface area (TPSA) is 232 Å². The number of aromatic nitrogens is 4. The molecule has 0 radical (unpaired) electrons. The zero-order valence-corrected chi connectivity index (χ0v) is 29.0. The Labute approximate surface area is 273 Å². The van der Waals surface area contributed by atoms with Gasteiger partial charge >= 0.3 is 19.6 Å². The van der Waals surface area contributed by atoms with Crippen LogP contribution in [0.4, 0.5) is 5.95 Å². The summed E-state index contributed by atoms with van der Waals surface area (Å²) in [6, 6.07) is -2.93. The molecule has 6 N–H and O–H groups in total. The summed E-state index contributed by atoms with van der Waals surface area (Å²) in [5.74, 6) is -1.20. The van der Waals surface area contributed by atoms with Gasteiger partial charge in [0.2, 0.25) is 11.8 Å². The van der Waals surface area contributed by atoms with E-state index >= 15 is 0 Å². The highest BCUT2D eigenvalue weighted by molar-refractivity contribution is 7.54. The quantitative estimate of drug-likeness (QED) is 0.117. The highest BCUT2D eigenvalue weighted by Crippen LogP contribution is 2.68. The molecule has 18 heteroatoms. The summed E-state index contributed by atoms with van der Waals surface area (Å²) in [4.78, 5) is 38.4. The van der Waals surface area contributed by atoms with Crippen molar-refractivity contribution in [2.45, 2.75) is 103 Å². The molecule has 2 aromatic heterocycles. The molecule has 3 heterocycles. The first-order valence-electron chi connectivity index (χ1n) is 15.8. The van der Waals surface area contributed by atoms with E-state index in [-0.39, 0.29) is 55.4 Å². The fraction of sp³-hybridized carbons (Fsp3) is 0.759. The summed E-state index contributed by atoms with van der Waals surface area (Å²) >= 11 is 0. The number of aliphatic hydroxyl groups excluding tert-OH is 1. The van der Waals surface area contributed by atoms with E-state index in [9.17, 15) is 24.4 Å². The third kappa shape index (κ3) is 7.26. The molecule has 47 heavy (non-hydrogen) atoms. The van der Waals surface area contributed by atoms with Crippen molar-refractivity contribution in [1.82, 2.24) is 29.7 Å². The minimum Gasteiger partial charge on any atom is -0.479 e. The maximum absolute atomic E-state index is 14.5. The number of nitrogens with zero attached hydrogens (tertiary/aromatic N) is 4. The summed E-state index contributed by atoms with van der Waals surface area (Å²) in [6.07, 6.45) is -0.743. The Bertz CT molecular complexity index is 1450. The van der Waals surface area contributed by atoms with E-state index in [1.807, 2.05) is 27.7 Å². The van der Waals surface area contributed by atoms with Crippen molar-refractivity contribution in [1.29, 1.82) is 0 Å². The Balaban J connectivity index is 1.59. The van der Waals surface area contributed by atoms with E-state index in [0.717, 1.165) is 0 Å². The summed E-state index contributed by atoms with van der Waals surface area (Å²) < 4.78 is 43.8. The number of aliphatic hydroxyl groups is 2. The highest BCUT2D eigenvalue weighted by Gasteiger charge is 2.85. The van der Waals surface area contributed by atoms with Crippen molar-refractivity contribution in [3.63, 3.8) is 0 Å². The van der Waals surface area contributed by atoms with Gasteiger partial charge in [-0.1, -0.05) is 27.7 Å². The predicted octanol–water partition coefficient (Wildman–Crippen LogP) is 1.48. The standard InChI is InChI=1S/C29H48N7O10P/c1-9-43-24(38)17(11-15(3)4)34-47(41,35-18(12-16(5)6)25(39)44-10-2)45-13-19-21(37)29(40)26(28(29,7)46-19)36-14-31-20-22(36)32-27(30)33-23(20)42-8/h14-19,21,26,37,40H,9-13H2,1-8H3,(H2,30,32,33)(H2,34,35,41). The van der Waals surface area contributed by atoms with Gasteiger partial charge in [-0.2, -0.15) is 9.97 Å². The van der Waals surface area contributed by atoms with Crippen LogP contribution in [0.2, 0.25) is 0 Å². The minimum atomic E-state index is -4.27. The molecule has 0 spiro atoms. The molecule has 2 aromatic rings. The van der Waals surface area contributed by atoms with Crippen LogP contribution in [0.5, 0.6) is 5.88 Å². The molecule has 1 aliphatic heterocycles. The van der Waals surface area contributed by atoms with E-state index in [1.165, 1.54) is 18.0 Å². The number of imidazole rings is 1. The van der Waals surface area contributed by atoms with Crippen LogP contribution in [0.25, 0.3) is 11.2 Å². The third-order valence-electron chi connectivity index (χ3n) is 8.36. The number of nitrogen functional groups attached to an aromatic ring is 1. The molecule has 264 valence electrons. The summed E-state index contributed by atoms with van der Waals surface area (Å²) in [5.41, 5.74) is 3.29. The van der Waals surface area contributed by atoms with Gasteiger partial charge in [0.15, 0.2) is 11.2 Å².